The van der Waals surface area contributed by atoms with E-state index in [0.717, 1.165) is 5.69 Å². The van der Waals surface area contributed by atoms with Gasteiger partial charge in [-0.25, -0.2) is 0 Å². The fourth-order valence-electron chi connectivity index (χ4n) is 2.90. The number of hydrogen-bond acceptors (Lipinski definition) is 4. The lowest BCUT2D eigenvalue weighted by molar-refractivity contribution is -0.143. The molecule has 2 N–H and O–H groups in total. The summed E-state index contributed by atoms with van der Waals surface area (Å²) < 4.78 is 0. The molecule has 6 nitrogen and oxygen atoms in total. The molecule has 2 amide bonds. The van der Waals surface area contributed by atoms with Gasteiger partial charge in [0.25, 0.3) is 0 Å². The molecule has 0 saturated carbocycles. The van der Waals surface area contributed by atoms with Gasteiger partial charge in [0.1, 0.15) is 5.75 Å². The Hall–Kier alpha value is -3.02. The second-order valence-electron chi connectivity index (χ2n) is 6.12. The van der Waals surface area contributed by atoms with Crippen LogP contribution in [0.25, 0.3) is 0 Å². The highest BCUT2D eigenvalue weighted by molar-refractivity contribution is 6.39. The maximum absolute atomic E-state index is 12.3. The van der Waals surface area contributed by atoms with Crippen LogP contribution >= 0.6 is 0 Å². The number of piperazine rings is 1. The van der Waals surface area contributed by atoms with Crippen LogP contribution in [-0.4, -0.2) is 48.0 Å². The third-order valence-electron chi connectivity index (χ3n) is 4.23. The van der Waals surface area contributed by atoms with Gasteiger partial charge < -0.3 is 20.2 Å². The molecule has 0 aromatic heterocycles. The van der Waals surface area contributed by atoms with Gasteiger partial charge in [0.2, 0.25) is 0 Å². The molecule has 3 rings (SSSR count). The van der Waals surface area contributed by atoms with Crippen LogP contribution in [0.4, 0.5) is 11.4 Å². The van der Waals surface area contributed by atoms with Gasteiger partial charge >= 0.3 is 11.8 Å². The Kier molecular flexibility index (Phi) is 4.88. The summed E-state index contributed by atoms with van der Waals surface area (Å²) in [7, 11) is 0. The van der Waals surface area contributed by atoms with Crippen molar-refractivity contribution < 1.29 is 14.7 Å². The van der Waals surface area contributed by atoms with Gasteiger partial charge in [-0.3, -0.25) is 9.59 Å². The number of benzene rings is 2. The van der Waals surface area contributed by atoms with E-state index in [1.54, 1.807) is 17.0 Å². The van der Waals surface area contributed by atoms with Crippen molar-refractivity contribution >= 4 is 23.2 Å². The van der Waals surface area contributed by atoms with Crippen LogP contribution in [0.1, 0.15) is 5.56 Å². The average molecular weight is 339 g/mol. The highest BCUT2D eigenvalue weighted by atomic mass is 16.3. The van der Waals surface area contributed by atoms with Crippen LogP contribution in [-0.2, 0) is 9.59 Å². The molecule has 1 aliphatic heterocycles. The van der Waals surface area contributed by atoms with Gasteiger partial charge in [0.05, 0.1) is 0 Å². The van der Waals surface area contributed by atoms with Gasteiger partial charge in [0, 0.05) is 43.6 Å². The quantitative estimate of drug-likeness (QED) is 0.821. The summed E-state index contributed by atoms with van der Waals surface area (Å²) >= 11 is 0. The number of aryl methyl sites for hydroxylation is 1. The number of carbonyl (C=O) groups excluding carboxylic acids is 2. The number of nitrogens with zero attached hydrogens (tertiary/aromatic N) is 2. The minimum Gasteiger partial charge on any atom is -0.508 e. The van der Waals surface area contributed by atoms with Crippen molar-refractivity contribution in [1.82, 2.24) is 4.90 Å². The highest BCUT2D eigenvalue weighted by Crippen LogP contribution is 2.18. The third kappa shape index (κ3) is 4.09. The average Bonchev–Trinajstić information content (AvgIpc) is 2.61. The third-order valence-corrected chi connectivity index (χ3v) is 4.23. The van der Waals surface area contributed by atoms with Crippen molar-refractivity contribution in [2.75, 3.05) is 36.4 Å². The number of anilines is 2. The van der Waals surface area contributed by atoms with Gasteiger partial charge in [-0.1, -0.05) is 18.2 Å². The first-order valence-corrected chi connectivity index (χ1v) is 8.24. The predicted octanol–water partition coefficient (Wildman–Crippen LogP) is 1.99. The van der Waals surface area contributed by atoms with Crippen LogP contribution in [0.5, 0.6) is 5.75 Å². The molecule has 1 aliphatic rings. The summed E-state index contributed by atoms with van der Waals surface area (Å²) in [5.41, 5.74) is 2.73. The summed E-state index contributed by atoms with van der Waals surface area (Å²) in [5.74, 6) is -1.20. The fraction of sp³-hybridized carbons (Fsp3) is 0.263. The number of aromatic hydroxyl groups is 1. The second kappa shape index (κ2) is 7.25. The first-order chi connectivity index (χ1) is 12.0. The molecular formula is C19H21N3O3. The van der Waals surface area contributed by atoms with Gasteiger partial charge in [-0.15, -0.1) is 0 Å². The van der Waals surface area contributed by atoms with Crippen LogP contribution in [0.2, 0.25) is 0 Å². The van der Waals surface area contributed by atoms with Crippen molar-refractivity contribution in [1.29, 1.82) is 0 Å². The SMILES string of the molecule is Cc1cccc(N2CCN(C(=O)C(=O)Nc3cccc(O)c3)CC2)c1. The van der Waals surface area contributed by atoms with Crippen LogP contribution < -0.4 is 10.2 Å². The number of phenolic OH excluding ortho intramolecular Hbond substituents is 1. The number of hydrogen-bond donors (Lipinski definition) is 2. The van der Waals surface area contributed by atoms with E-state index < -0.39 is 11.8 Å². The van der Waals surface area contributed by atoms with Crippen molar-refractivity contribution in [2.24, 2.45) is 0 Å². The van der Waals surface area contributed by atoms with E-state index in [0.29, 0.717) is 31.9 Å². The topological polar surface area (TPSA) is 72.9 Å². The van der Waals surface area contributed by atoms with Crippen molar-refractivity contribution in [2.45, 2.75) is 6.92 Å². The minimum absolute atomic E-state index is 0.0389. The maximum atomic E-state index is 12.3. The molecule has 0 bridgehead atoms. The number of carbonyl (C=O) groups is 2. The first kappa shape index (κ1) is 16.8. The van der Waals surface area contributed by atoms with Crippen molar-refractivity contribution in [3.05, 3.63) is 54.1 Å². The van der Waals surface area contributed by atoms with Gasteiger partial charge in [0.15, 0.2) is 0 Å². The zero-order valence-electron chi connectivity index (χ0n) is 14.1. The Labute approximate surface area is 146 Å². The summed E-state index contributed by atoms with van der Waals surface area (Å²) in [4.78, 5) is 28.2. The Morgan fingerprint density at radius 3 is 2.40 bits per heavy atom. The second-order valence-corrected chi connectivity index (χ2v) is 6.12. The normalized spacial score (nSPS) is 14.3. The molecule has 0 atom stereocenters. The largest absolute Gasteiger partial charge is 0.508 e. The molecule has 1 saturated heterocycles. The minimum atomic E-state index is -0.686. The number of nitrogens with one attached hydrogen (secondary N) is 1. The van der Waals surface area contributed by atoms with Crippen LogP contribution in [0, 0.1) is 6.92 Å². The van der Waals surface area contributed by atoms with E-state index >= 15 is 0 Å². The molecule has 1 fully saturated rings. The van der Waals surface area contributed by atoms with Gasteiger partial charge in [-0.2, -0.15) is 0 Å². The molecular weight excluding hydrogens is 318 g/mol. The highest BCUT2D eigenvalue weighted by Gasteiger charge is 2.26. The van der Waals surface area contributed by atoms with E-state index in [4.69, 9.17) is 0 Å². The molecule has 2 aromatic carbocycles. The molecule has 25 heavy (non-hydrogen) atoms. The zero-order valence-corrected chi connectivity index (χ0v) is 14.1. The molecule has 0 radical (unpaired) electrons. The first-order valence-electron chi connectivity index (χ1n) is 8.24. The number of amides is 2. The van der Waals surface area contributed by atoms with Crippen molar-refractivity contribution in [3.8, 4) is 5.75 Å². The smallest absolute Gasteiger partial charge is 0.313 e. The molecule has 0 unspecified atom stereocenters. The standard InChI is InChI=1S/C19H21N3O3/c1-14-4-2-6-16(12-14)21-8-10-22(11-9-21)19(25)18(24)20-15-5-3-7-17(23)13-15/h2-7,12-13,23H,8-11H2,1H3,(H,20,24). The molecule has 1 heterocycles. The Morgan fingerprint density at radius 2 is 1.72 bits per heavy atom. The molecule has 6 heteroatoms. The van der Waals surface area contributed by atoms with E-state index in [2.05, 4.69) is 35.3 Å². The van der Waals surface area contributed by atoms with E-state index in [1.807, 2.05) is 6.07 Å². The van der Waals surface area contributed by atoms with Crippen LogP contribution in [0.3, 0.4) is 0 Å². The Balaban J connectivity index is 1.57. The molecule has 0 spiro atoms. The lowest BCUT2D eigenvalue weighted by Gasteiger charge is -2.35. The number of phenols is 1. The van der Waals surface area contributed by atoms with Crippen LogP contribution in [0.15, 0.2) is 48.5 Å². The predicted molar refractivity (Wildman–Crippen MR) is 96.7 cm³/mol. The summed E-state index contributed by atoms with van der Waals surface area (Å²) in [6.07, 6.45) is 0. The molecule has 0 aliphatic carbocycles. The van der Waals surface area contributed by atoms with E-state index in [1.165, 1.54) is 17.7 Å². The monoisotopic (exact) mass is 339 g/mol. The zero-order chi connectivity index (χ0) is 17.8. The van der Waals surface area contributed by atoms with Gasteiger partial charge in [-0.05, 0) is 36.8 Å². The lowest BCUT2D eigenvalue weighted by atomic mass is 10.2. The van der Waals surface area contributed by atoms with E-state index in [-0.39, 0.29) is 5.75 Å². The Bertz CT molecular complexity index is 783. The summed E-state index contributed by atoms with van der Waals surface area (Å²) in [6, 6.07) is 14.4. The summed E-state index contributed by atoms with van der Waals surface area (Å²) in [5, 5.41) is 11.9. The lowest BCUT2D eigenvalue weighted by Crippen LogP contribution is -2.51. The fourth-order valence-corrected chi connectivity index (χ4v) is 2.90. The Morgan fingerprint density at radius 1 is 1.00 bits per heavy atom. The maximum Gasteiger partial charge on any atom is 0.313 e. The molecule has 2 aromatic rings. The van der Waals surface area contributed by atoms with E-state index in [9.17, 15) is 14.7 Å². The van der Waals surface area contributed by atoms with Crippen molar-refractivity contribution in [3.63, 3.8) is 0 Å². The number of rotatable bonds is 2. The summed E-state index contributed by atoms with van der Waals surface area (Å²) in [6.45, 7) is 4.43. The molecule has 130 valence electrons.